The number of aromatic amines is 1. The molecule has 1 amide bonds. The Morgan fingerprint density at radius 3 is 2.48 bits per heavy atom. The lowest BCUT2D eigenvalue weighted by Gasteiger charge is -2.06. The molecule has 0 aliphatic rings. The summed E-state index contributed by atoms with van der Waals surface area (Å²) in [4.78, 5) is 36.7. The molecule has 0 aliphatic carbocycles. The Morgan fingerprint density at radius 1 is 1.14 bits per heavy atom. The fourth-order valence-corrected chi connectivity index (χ4v) is 1.73. The van der Waals surface area contributed by atoms with Crippen LogP contribution >= 0.6 is 0 Å². The molecule has 1 aromatic carbocycles. The number of amides is 1. The van der Waals surface area contributed by atoms with E-state index < -0.39 is 5.97 Å². The zero-order chi connectivity index (χ0) is 15.2. The van der Waals surface area contributed by atoms with Gasteiger partial charge in [0, 0.05) is 12.6 Å². The van der Waals surface area contributed by atoms with Gasteiger partial charge in [-0.15, -0.1) is 0 Å². The summed E-state index contributed by atoms with van der Waals surface area (Å²) < 4.78 is 4.60. The van der Waals surface area contributed by atoms with Gasteiger partial charge in [-0.25, -0.2) is 4.79 Å². The molecule has 6 nitrogen and oxygen atoms in total. The number of nitrogens with one attached hydrogen (secondary N) is 2. The van der Waals surface area contributed by atoms with E-state index in [2.05, 4.69) is 15.0 Å². The summed E-state index contributed by atoms with van der Waals surface area (Å²) in [7, 11) is 1.32. The molecule has 6 heteroatoms. The second-order valence-corrected chi connectivity index (χ2v) is 4.30. The van der Waals surface area contributed by atoms with Crippen molar-refractivity contribution in [2.24, 2.45) is 0 Å². The molecule has 2 N–H and O–H groups in total. The van der Waals surface area contributed by atoms with E-state index >= 15 is 0 Å². The van der Waals surface area contributed by atoms with Gasteiger partial charge in [0.1, 0.15) is 5.69 Å². The van der Waals surface area contributed by atoms with Crippen molar-refractivity contribution in [3.8, 4) is 0 Å². The van der Waals surface area contributed by atoms with Crippen LogP contribution in [-0.4, -0.2) is 24.0 Å². The van der Waals surface area contributed by atoms with Crippen LogP contribution in [0.3, 0.4) is 0 Å². The Morgan fingerprint density at radius 2 is 1.86 bits per heavy atom. The van der Waals surface area contributed by atoms with Gasteiger partial charge in [-0.05, 0) is 23.8 Å². The number of carbonyl (C=O) groups excluding carboxylic acids is 2. The molecule has 0 unspecified atom stereocenters. The molecular formula is C15H14N2O4. The summed E-state index contributed by atoms with van der Waals surface area (Å²) in [5.41, 5.74) is 1.15. The lowest BCUT2D eigenvalue weighted by atomic mass is 10.1. The van der Waals surface area contributed by atoms with Gasteiger partial charge in [0.2, 0.25) is 5.56 Å². The van der Waals surface area contributed by atoms with Crippen LogP contribution in [0.15, 0.2) is 47.3 Å². The van der Waals surface area contributed by atoms with Crippen molar-refractivity contribution in [1.82, 2.24) is 10.3 Å². The van der Waals surface area contributed by atoms with E-state index in [4.69, 9.17) is 0 Å². The molecule has 0 saturated carbocycles. The van der Waals surface area contributed by atoms with Crippen molar-refractivity contribution in [1.29, 1.82) is 0 Å². The highest BCUT2D eigenvalue weighted by Crippen LogP contribution is 2.05. The average Bonchev–Trinajstić information content (AvgIpc) is 2.52. The largest absolute Gasteiger partial charge is 0.465 e. The number of carbonyl (C=O) groups is 2. The predicted molar refractivity (Wildman–Crippen MR) is 76.0 cm³/mol. The SMILES string of the molecule is COC(=O)c1ccc(CNC(=O)c2cccc(=O)[nH]2)cc1. The van der Waals surface area contributed by atoms with Crippen molar-refractivity contribution in [3.63, 3.8) is 0 Å². The van der Waals surface area contributed by atoms with Gasteiger partial charge in [-0.3, -0.25) is 9.59 Å². The van der Waals surface area contributed by atoms with E-state index in [1.807, 2.05) is 0 Å². The third kappa shape index (κ3) is 3.79. The van der Waals surface area contributed by atoms with Crippen LogP contribution in [0.2, 0.25) is 0 Å². The maximum Gasteiger partial charge on any atom is 0.337 e. The number of methoxy groups -OCH3 is 1. The minimum Gasteiger partial charge on any atom is -0.465 e. The van der Waals surface area contributed by atoms with Gasteiger partial charge in [0.15, 0.2) is 0 Å². The Labute approximate surface area is 120 Å². The number of H-pyrrole nitrogens is 1. The first-order valence-corrected chi connectivity index (χ1v) is 6.25. The number of aromatic nitrogens is 1. The Bertz CT molecular complexity index is 704. The molecule has 0 spiro atoms. The molecular weight excluding hydrogens is 272 g/mol. The Hall–Kier alpha value is -2.89. The Kier molecular flexibility index (Phi) is 4.50. The minimum absolute atomic E-state index is 0.202. The predicted octanol–water partition coefficient (Wildman–Crippen LogP) is 1.09. The van der Waals surface area contributed by atoms with Gasteiger partial charge in [-0.2, -0.15) is 0 Å². The van der Waals surface area contributed by atoms with Crippen LogP contribution in [0.5, 0.6) is 0 Å². The zero-order valence-electron chi connectivity index (χ0n) is 11.4. The summed E-state index contributed by atoms with van der Waals surface area (Å²) in [5.74, 6) is -0.780. The topological polar surface area (TPSA) is 88.3 Å². The number of benzene rings is 1. The smallest absolute Gasteiger partial charge is 0.337 e. The second-order valence-electron chi connectivity index (χ2n) is 4.30. The number of esters is 1. The third-order valence-electron chi connectivity index (χ3n) is 2.84. The van der Waals surface area contributed by atoms with Gasteiger partial charge in [-0.1, -0.05) is 18.2 Å². The summed E-state index contributed by atoms with van der Waals surface area (Å²) in [5, 5.41) is 2.68. The molecule has 0 fully saturated rings. The highest BCUT2D eigenvalue weighted by atomic mass is 16.5. The first kappa shape index (κ1) is 14.5. The monoisotopic (exact) mass is 286 g/mol. The fraction of sp³-hybridized carbons (Fsp3) is 0.133. The maximum atomic E-state index is 11.8. The maximum absolute atomic E-state index is 11.8. The van der Waals surface area contributed by atoms with E-state index in [-0.39, 0.29) is 23.7 Å². The first-order valence-electron chi connectivity index (χ1n) is 6.25. The highest BCUT2D eigenvalue weighted by Gasteiger charge is 2.07. The Balaban J connectivity index is 1.98. The number of hydrogen-bond acceptors (Lipinski definition) is 4. The molecule has 0 saturated heterocycles. The summed E-state index contributed by atoms with van der Waals surface area (Å²) in [6.45, 7) is 0.289. The molecule has 2 rings (SSSR count). The zero-order valence-corrected chi connectivity index (χ0v) is 11.4. The molecule has 2 aromatic rings. The summed E-state index contributed by atoms with van der Waals surface area (Å²) in [6, 6.07) is 11.1. The molecule has 21 heavy (non-hydrogen) atoms. The molecule has 0 aliphatic heterocycles. The van der Waals surface area contributed by atoms with Gasteiger partial charge < -0.3 is 15.0 Å². The standard InChI is InChI=1S/C15H14N2O4/c1-21-15(20)11-7-5-10(6-8-11)9-16-14(19)12-3-2-4-13(18)17-12/h2-8H,9H2,1H3,(H,16,19)(H,17,18). The third-order valence-corrected chi connectivity index (χ3v) is 2.84. The van der Waals surface area contributed by atoms with Crippen LogP contribution < -0.4 is 10.9 Å². The van der Waals surface area contributed by atoms with Crippen molar-refractivity contribution >= 4 is 11.9 Å². The van der Waals surface area contributed by atoms with E-state index in [1.165, 1.54) is 25.3 Å². The normalized spacial score (nSPS) is 9.95. The average molecular weight is 286 g/mol. The number of ether oxygens (including phenoxy) is 1. The number of hydrogen-bond donors (Lipinski definition) is 2. The molecule has 1 heterocycles. The number of rotatable bonds is 4. The number of pyridine rings is 1. The van der Waals surface area contributed by atoms with E-state index in [0.717, 1.165) is 5.56 Å². The van der Waals surface area contributed by atoms with E-state index in [1.54, 1.807) is 24.3 Å². The quantitative estimate of drug-likeness (QED) is 0.824. The van der Waals surface area contributed by atoms with Crippen LogP contribution in [0.25, 0.3) is 0 Å². The van der Waals surface area contributed by atoms with E-state index in [9.17, 15) is 14.4 Å². The van der Waals surface area contributed by atoms with Crippen LogP contribution in [0.4, 0.5) is 0 Å². The van der Waals surface area contributed by atoms with Gasteiger partial charge >= 0.3 is 5.97 Å². The molecule has 1 aromatic heterocycles. The van der Waals surface area contributed by atoms with Crippen molar-refractivity contribution < 1.29 is 14.3 Å². The summed E-state index contributed by atoms with van der Waals surface area (Å²) in [6.07, 6.45) is 0. The lowest BCUT2D eigenvalue weighted by Crippen LogP contribution is -2.25. The molecule has 108 valence electrons. The van der Waals surface area contributed by atoms with Crippen molar-refractivity contribution in [2.45, 2.75) is 6.54 Å². The fourth-order valence-electron chi connectivity index (χ4n) is 1.73. The first-order chi connectivity index (χ1) is 10.1. The minimum atomic E-state index is -0.410. The molecule has 0 atom stereocenters. The van der Waals surface area contributed by atoms with Crippen LogP contribution in [-0.2, 0) is 11.3 Å². The summed E-state index contributed by atoms with van der Waals surface area (Å²) >= 11 is 0. The van der Waals surface area contributed by atoms with Gasteiger partial charge in [0.25, 0.3) is 5.91 Å². The van der Waals surface area contributed by atoms with Crippen LogP contribution in [0, 0.1) is 0 Å². The van der Waals surface area contributed by atoms with Gasteiger partial charge in [0.05, 0.1) is 12.7 Å². The molecule has 0 bridgehead atoms. The second kappa shape index (κ2) is 6.51. The molecule has 0 radical (unpaired) electrons. The lowest BCUT2D eigenvalue weighted by molar-refractivity contribution is 0.0600. The highest BCUT2D eigenvalue weighted by molar-refractivity contribution is 5.92. The van der Waals surface area contributed by atoms with Crippen molar-refractivity contribution in [3.05, 3.63) is 69.6 Å². The van der Waals surface area contributed by atoms with Crippen molar-refractivity contribution in [2.75, 3.05) is 7.11 Å². The van der Waals surface area contributed by atoms with E-state index in [0.29, 0.717) is 5.56 Å². The van der Waals surface area contributed by atoms with Crippen LogP contribution in [0.1, 0.15) is 26.4 Å².